The minimum Gasteiger partial charge on any atom is -0.485 e. The van der Waals surface area contributed by atoms with Crippen molar-refractivity contribution in [3.8, 4) is 16.9 Å². The molecule has 3 aliphatic carbocycles. The van der Waals surface area contributed by atoms with Gasteiger partial charge in [0, 0.05) is 22.9 Å². The molecule has 3 aromatic carbocycles. The van der Waals surface area contributed by atoms with Crippen molar-refractivity contribution in [2.75, 3.05) is 0 Å². The van der Waals surface area contributed by atoms with Gasteiger partial charge in [0.1, 0.15) is 11.9 Å². The molecule has 0 radical (unpaired) electrons. The van der Waals surface area contributed by atoms with Crippen molar-refractivity contribution in [2.45, 2.75) is 37.3 Å². The summed E-state index contributed by atoms with van der Waals surface area (Å²) in [6.07, 6.45) is 25.9. The SMILES string of the molecule is C1=CCCC(N(C2=CC3Oc4cc(-c5ccccc5)c5ccccc5c4C3C=C2)C2C=CC=CC2)=C1. The highest BCUT2D eigenvalue weighted by Gasteiger charge is 2.37. The molecule has 1 aliphatic heterocycles. The average Bonchev–Trinajstić information content (AvgIpc) is 3.32. The number of hydrogen-bond donors (Lipinski definition) is 0. The lowest BCUT2D eigenvalue weighted by Gasteiger charge is -2.37. The van der Waals surface area contributed by atoms with E-state index in [2.05, 4.69) is 126 Å². The normalized spacial score (nSPS) is 23.6. The first-order chi connectivity index (χ1) is 17.9. The maximum absolute atomic E-state index is 6.72. The minimum atomic E-state index is -0.000209. The van der Waals surface area contributed by atoms with E-state index in [0.29, 0.717) is 6.04 Å². The summed E-state index contributed by atoms with van der Waals surface area (Å²) < 4.78 is 6.72. The Balaban J connectivity index is 1.30. The zero-order valence-corrected chi connectivity index (χ0v) is 20.3. The van der Waals surface area contributed by atoms with Gasteiger partial charge in [-0.25, -0.2) is 0 Å². The predicted molar refractivity (Wildman–Crippen MR) is 149 cm³/mol. The van der Waals surface area contributed by atoms with E-state index in [1.165, 1.54) is 38.9 Å². The standard InChI is InChI=1S/C34H29NO/c1-4-12-24(13-5-1)31-23-33-34(29-19-11-10-18-28(29)31)30-21-20-27(22-32(30)36-33)35(25-14-6-2-7-15-25)26-16-8-3-9-17-26/h1-8,10-14,16,18-23,25,30,32H,9,15,17H2. The lowest BCUT2D eigenvalue weighted by atomic mass is 9.85. The monoisotopic (exact) mass is 467 g/mol. The number of benzene rings is 3. The first kappa shape index (κ1) is 21.3. The first-order valence-corrected chi connectivity index (χ1v) is 13.0. The van der Waals surface area contributed by atoms with E-state index in [-0.39, 0.29) is 12.0 Å². The molecule has 2 heteroatoms. The van der Waals surface area contributed by atoms with E-state index >= 15 is 0 Å². The third-order valence-electron chi connectivity index (χ3n) is 7.76. The Kier molecular flexibility index (Phi) is 5.24. The Morgan fingerprint density at radius 2 is 1.69 bits per heavy atom. The first-order valence-electron chi connectivity index (χ1n) is 13.0. The molecule has 0 spiro atoms. The molecule has 0 saturated carbocycles. The van der Waals surface area contributed by atoms with Crippen molar-refractivity contribution in [2.24, 2.45) is 0 Å². The molecule has 36 heavy (non-hydrogen) atoms. The van der Waals surface area contributed by atoms with Gasteiger partial charge in [-0.2, -0.15) is 0 Å². The van der Waals surface area contributed by atoms with Gasteiger partial charge in [0.25, 0.3) is 0 Å². The predicted octanol–water partition coefficient (Wildman–Crippen LogP) is 8.23. The van der Waals surface area contributed by atoms with Crippen molar-refractivity contribution in [1.29, 1.82) is 0 Å². The van der Waals surface area contributed by atoms with Crippen LogP contribution in [0.15, 0.2) is 133 Å². The second-order valence-electron chi connectivity index (χ2n) is 9.92. The van der Waals surface area contributed by atoms with E-state index in [4.69, 9.17) is 4.74 Å². The molecule has 1 heterocycles. The summed E-state index contributed by atoms with van der Waals surface area (Å²) >= 11 is 0. The third-order valence-corrected chi connectivity index (χ3v) is 7.76. The van der Waals surface area contributed by atoms with E-state index in [1.807, 2.05) is 0 Å². The summed E-state index contributed by atoms with van der Waals surface area (Å²) in [5.41, 5.74) is 6.39. The number of ether oxygens (including phenoxy) is 1. The van der Waals surface area contributed by atoms with Gasteiger partial charge in [-0.15, -0.1) is 0 Å². The van der Waals surface area contributed by atoms with Gasteiger partial charge in [-0.05, 0) is 65.5 Å². The van der Waals surface area contributed by atoms with Crippen LogP contribution < -0.4 is 4.74 Å². The molecule has 0 amide bonds. The Morgan fingerprint density at radius 1 is 0.833 bits per heavy atom. The molecule has 2 nitrogen and oxygen atoms in total. The van der Waals surface area contributed by atoms with Crippen LogP contribution >= 0.6 is 0 Å². The van der Waals surface area contributed by atoms with Crippen molar-refractivity contribution >= 4 is 10.8 Å². The minimum absolute atomic E-state index is 0.000209. The van der Waals surface area contributed by atoms with Crippen LogP contribution in [-0.2, 0) is 0 Å². The maximum Gasteiger partial charge on any atom is 0.130 e. The smallest absolute Gasteiger partial charge is 0.130 e. The lowest BCUT2D eigenvalue weighted by Crippen LogP contribution is -2.35. The summed E-state index contributed by atoms with van der Waals surface area (Å²) in [5, 5.41) is 2.58. The zero-order valence-electron chi connectivity index (χ0n) is 20.3. The molecule has 3 atom stereocenters. The van der Waals surface area contributed by atoms with Crippen LogP contribution in [0.2, 0.25) is 0 Å². The van der Waals surface area contributed by atoms with Crippen LogP contribution in [0.25, 0.3) is 21.9 Å². The maximum atomic E-state index is 6.72. The number of fused-ring (bicyclic) bond motifs is 5. The fourth-order valence-corrected chi connectivity index (χ4v) is 6.10. The van der Waals surface area contributed by atoms with Crippen molar-refractivity contribution in [1.82, 2.24) is 4.90 Å². The molecule has 0 saturated heterocycles. The van der Waals surface area contributed by atoms with E-state index < -0.39 is 0 Å². The molecule has 0 N–H and O–H groups in total. The molecule has 4 aliphatic rings. The van der Waals surface area contributed by atoms with Crippen LogP contribution in [0.1, 0.15) is 30.7 Å². The molecule has 0 bridgehead atoms. The summed E-state index contributed by atoms with van der Waals surface area (Å²) in [6, 6.07) is 22.0. The topological polar surface area (TPSA) is 12.5 Å². The fraction of sp³-hybridized carbons (Fsp3) is 0.176. The van der Waals surface area contributed by atoms with Gasteiger partial charge in [0.05, 0.1) is 6.04 Å². The molecular weight excluding hydrogens is 438 g/mol. The van der Waals surface area contributed by atoms with Gasteiger partial charge < -0.3 is 9.64 Å². The van der Waals surface area contributed by atoms with Crippen LogP contribution in [0.5, 0.6) is 5.75 Å². The summed E-state index contributed by atoms with van der Waals surface area (Å²) in [4.78, 5) is 2.52. The van der Waals surface area contributed by atoms with Gasteiger partial charge >= 0.3 is 0 Å². The number of allylic oxidation sites excluding steroid dienone is 7. The molecule has 0 aromatic heterocycles. The third kappa shape index (κ3) is 3.56. The Bertz CT molecular complexity index is 1500. The number of hydrogen-bond acceptors (Lipinski definition) is 2. The zero-order chi connectivity index (χ0) is 23.9. The quantitative estimate of drug-likeness (QED) is 0.383. The fourth-order valence-electron chi connectivity index (χ4n) is 6.10. The van der Waals surface area contributed by atoms with Crippen LogP contribution in [0, 0.1) is 0 Å². The molecule has 7 rings (SSSR count). The van der Waals surface area contributed by atoms with Crippen LogP contribution in [0.3, 0.4) is 0 Å². The highest BCUT2D eigenvalue weighted by Crippen LogP contribution is 2.49. The van der Waals surface area contributed by atoms with Crippen molar-refractivity contribution in [3.63, 3.8) is 0 Å². The van der Waals surface area contributed by atoms with Gasteiger partial charge in [-0.1, -0.05) is 97.1 Å². The Labute approximate surface area is 212 Å². The van der Waals surface area contributed by atoms with Gasteiger partial charge in [0.2, 0.25) is 0 Å². The van der Waals surface area contributed by atoms with E-state index in [0.717, 1.165) is 25.0 Å². The van der Waals surface area contributed by atoms with Gasteiger partial charge in [-0.3, -0.25) is 0 Å². The average molecular weight is 468 g/mol. The molecule has 0 fully saturated rings. The van der Waals surface area contributed by atoms with Crippen molar-refractivity contribution in [3.05, 3.63) is 138 Å². The second kappa shape index (κ2) is 8.87. The van der Waals surface area contributed by atoms with E-state index in [1.54, 1.807) is 0 Å². The molecular formula is C34H29NO. The Hall–Kier alpha value is -4.04. The molecule has 3 unspecified atom stereocenters. The van der Waals surface area contributed by atoms with Crippen molar-refractivity contribution < 1.29 is 4.74 Å². The largest absolute Gasteiger partial charge is 0.485 e. The highest BCUT2D eigenvalue weighted by atomic mass is 16.5. The second-order valence-corrected chi connectivity index (χ2v) is 9.92. The number of nitrogens with zero attached hydrogens (tertiary/aromatic N) is 1. The Morgan fingerprint density at radius 3 is 2.50 bits per heavy atom. The summed E-state index contributed by atoms with van der Waals surface area (Å²) in [5.74, 6) is 1.24. The lowest BCUT2D eigenvalue weighted by molar-refractivity contribution is 0.259. The van der Waals surface area contributed by atoms with E-state index in [9.17, 15) is 0 Å². The van der Waals surface area contributed by atoms with Crippen LogP contribution in [-0.4, -0.2) is 17.0 Å². The van der Waals surface area contributed by atoms with Crippen LogP contribution in [0.4, 0.5) is 0 Å². The van der Waals surface area contributed by atoms with Gasteiger partial charge in [0.15, 0.2) is 0 Å². The summed E-state index contributed by atoms with van der Waals surface area (Å²) in [6.45, 7) is 0. The number of rotatable bonds is 4. The highest BCUT2D eigenvalue weighted by molar-refractivity contribution is 6.01. The molecule has 176 valence electrons. The molecule has 3 aromatic rings. The summed E-state index contributed by atoms with van der Waals surface area (Å²) in [7, 11) is 0.